The van der Waals surface area contributed by atoms with Crippen molar-refractivity contribution in [1.82, 2.24) is 4.72 Å². The van der Waals surface area contributed by atoms with E-state index in [-0.39, 0.29) is 17.2 Å². The lowest BCUT2D eigenvalue weighted by Gasteiger charge is -2.12. The van der Waals surface area contributed by atoms with Crippen LogP contribution in [0, 0.1) is 13.8 Å². The van der Waals surface area contributed by atoms with Gasteiger partial charge in [-0.25, -0.2) is 13.1 Å². The minimum absolute atomic E-state index is 0.0590. The highest BCUT2D eigenvalue weighted by Crippen LogP contribution is 2.28. The fourth-order valence-corrected chi connectivity index (χ4v) is 3.62. The van der Waals surface area contributed by atoms with E-state index in [1.807, 2.05) is 32.0 Å². The molecule has 0 aliphatic heterocycles. The number of rotatable bonds is 6. The predicted molar refractivity (Wildman–Crippen MR) is 89.5 cm³/mol. The Hall–Kier alpha value is -2.05. The van der Waals surface area contributed by atoms with Crippen LogP contribution in [0.2, 0.25) is 0 Å². The van der Waals surface area contributed by atoms with Crippen molar-refractivity contribution in [2.24, 2.45) is 0 Å². The number of ether oxygens (including phenoxy) is 2. The summed E-state index contributed by atoms with van der Waals surface area (Å²) < 4.78 is 38.0. The van der Waals surface area contributed by atoms with E-state index in [9.17, 15) is 8.42 Å². The van der Waals surface area contributed by atoms with Gasteiger partial charge in [0.15, 0.2) is 0 Å². The van der Waals surface area contributed by atoms with Crippen LogP contribution in [0.3, 0.4) is 0 Å². The average Bonchev–Trinajstić information content (AvgIpc) is 2.51. The van der Waals surface area contributed by atoms with Gasteiger partial charge in [0.25, 0.3) is 0 Å². The molecule has 2 aromatic rings. The van der Waals surface area contributed by atoms with Crippen molar-refractivity contribution in [1.29, 1.82) is 0 Å². The van der Waals surface area contributed by atoms with Gasteiger partial charge in [-0.15, -0.1) is 0 Å². The molecule has 0 amide bonds. The van der Waals surface area contributed by atoms with Crippen LogP contribution < -0.4 is 14.2 Å². The van der Waals surface area contributed by atoms with Crippen molar-refractivity contribution in [3.8, 4) is 11.5 Å². The molecule has 0 aliphatic carbocycles. The molecule has 124 valence electrons. The number of hydrogen-bond donors (Lipinski definition) is 1. The zero-order valence-electron chi connectivity index (χ0n) is 13.7. The van der Waals surface area contributed by atoms with Crippen molar-refractivity contribution in [2.75, 3.05) is 14.2 Å². The predicted octanol–water partition coefficient (Wildman–Crippen LogP) is 2.80. The van der Waals surface area contributed by atoms with Crippen LogP contribution in [0.4, 0.5) is 0 Å². The maximum Gasteiger partial charge on any atom is 0.244 e. The first kappa shape index (κ1) is 17.3. The lowest BCUT2D eigenvalue weighted by atomic mass is 10.1. The van der Waals surface area contributed by atoms with E-state index < -0.39 is 10.0 Å². The Balaban J connectivity index is 2.28. The second kappa shape index (κ2) is 7.02. The van der Waals surface area contributed by atoms with E-state index in [2.05, 4.69) is 4.72 Å². The van der Waals surface area contributed by atoms with Gasteiger partial charge in [0.05, 0.1) is 14.2 Å². The first-order chi connectivity index (χ1) is 10.9. The summed E-state index contributed by atoms with van der Waals surface area (Å²) in [4.78, 5) is 0.0590. The van der Waals surface area contributed by atoms with Crippen LogP contribution in [0.15, 0.2) is 41.3 Å². The van der Waals surface area contributed by atoms with Crippen molar-refractivity contribution in [3.63, 3.8) is 0 Å². The number of nitrogens with one attached hydrogen (secondary N) is 1. The van der Waals surface area contributed by atoms with Crippen molar-refractivity contribution in [3.05, 3.63) is 53.1 Å². The van der Waals surface area contributed by atoms with E-state index in [0.29, 0.717) is 5.75 Å². The Morgan fingerprint density at radius 2 is 1.61 bits per heavy atom. The molecule has 0 saturated heterocycles. The molecule has 0 spiro atoms. The van der Waals surface area contributed by atoms with Gasteiger partial charge in [-0.3, -0.25) is 0 Å². The highest BCUT2D eigenvalue weighted by Gasteiger charge is 2.20. The van der Waals surface area contributed by atoms with E-state index in [0.717, 1.165) is 16.7 Å². The molecular weight excluding hydrogens is 314 g/mol. The number of aryl methyl sites for hydroxylation is 2. The summed E-state index contributed by atoms with van der Waals surface area (Å²) in [5, 5.41) is 0. The number of benzene rings is 2. The molecule has 0 bridgehead atoms. The Kier molecular flexibility index (Phi) is 5.28. The largest absolute Gasteiger partial charge is 0.497 e. The molecule has 6 heteroatoms. The molecule has 0 fully saturated rings. The summed E-state index contributed by atoms with van der Waals surface area (Å²) in [5.41, 5.74) is 3.10. The summed E-state index contributed by atoms with van der Waals surface area (Å²) in [6.45, 7) is 4.18. The second-order valence-electron chi connectivity index (χ2n) is 5.34. The van der Waals surface area contributed by atoms with Gasteiger partial charge >= 0.3 is 0 Å². The fourth-order valence-electron chi connectivity index (χ4n) is 2.42. The minimum Gasteiger partial charge on any atom is -0.497 e. The lowest BCUT2D eigenvalue weighted by Crippen LogP contribution is -2.24. The highest BCUT2D eigenvalue weighted by atomic mass is 32.2. The van der Waals surface area contributed by atoms with Crippen LogP contribution in [-0.2, 0) is 16.6 Å². The monoisotopic (exact) mass is 335 g/mol. The molecule has 2 rings (SSSR count). The minimum atomic E-state index is -3.71. The molecule has 0 aromatic heterocycles. The van der Waals surface area contributed by atoms with Gasteiger partial charge in [-0.1, -0.05) is 29.3 Å². The normalized spacial score (nSPS) is 11.3. The summed E-state index contributed by atoms with van der Waals surface area (Å²) in [6.07, 6.45) is 0. The lowest BCUT2D eigenvalue weighted by molar-refractivity contribution is 0.392. The standard InChI is InChI=1S/C17H21NO4S/c1-12-7-13(2)9-14(8-12)11-18-23(19,20)17-10-15(21-3)5-6-16(17)22-4/h5-10,18H,11H2,1-4H3. The first-order valence-electron chi connectivity index (χ1n) is 7.14. The van der Waals surface area contributed by atoms with Crippen molar-refractivity contribution < 1.29 is 17.9 Å². The summed E-state index contributed by atoms with van der Waals surface area (Å²) in [6, 6.07) is 10.6. The third kappa shape index (κ3) is 4.24. The highest BCUT2D eigenvalue weighted by molar-refractivity contribution is 7.89. The van der Waals surface area contributed by atoms with Gasteiger partial charge in [0.2, 0.25) is 10.0 Å². The number of methoxy groups -OCH3 is 2. The molecule has 0 radical (unpaired) electrons. The van der Waals surface area contributed by atoms with Crippen LogP contribution >= 0.6 is 0 Å². The van der Waals surface area contributed by atoms with E-state index in [1.54, 1.807) is 12.1 Å². The molecule has 0 aliphatic rings. The summed E-state index contributed by atoms with van der Waals surface area (Å²) in [7, 11) is -0.792. The third-order valence-electron chi connectivity index (χ3n) is 3.41. The fraction of sp³-hybridized carbons (Fsp3) is 0.294. The topological polar surface area (TPSA) is 64.6 Å². The molecule has 0 unspecified atom stereocenters. The third-order valence-corrected chi connectivity index (χ3v) is 4.83. The zero-order valence-corrected chi connectivity index (χ0v) is 14.5. The molecule has 2 aromatic carbocycles. The zero-order chi connectivity index (χ0) is 17.0. The Morgan fingerprint density at radius 1 is 0.957 bits per heavy atom. The number of hydrogen-bond acceptors (Lipinski definition) is 4. The SMILES string of the molecule is COc1ccc(OC)c(S(=O)(=O)NCc2cc(C)cc(C)c2)c1. The van der Waals surface area contributed by atoms with Crippen LogP contribution in [-0.4, -0.2) is 22.6 Å². The molecule has 5 nitrogen and oxygen atoms in total. The van der Waals surface area contributed by atoms with Gasteiger partial charge in [-0.2, -0.15) is 0 Å². The molecule has 1 N–H and O–H groups in total. The maximum absolute atomic E-state index is 12.6. The first-order valence-corrected chi connectivity index (χ1v) is 8.63. The van der Waals surface area contributed by atoms with Crippen LogP contribution in [0.25, 0.3) is 0 Å². The van der Waals surface area contributed by atoms with Gasteiger partial charge in [-0.05, 0) is 31.5 Å². The average molecular weight is 335 g/mol. The second-order valence-corrected chi connectivity index (χ2v) is 7.07. The summed E-state index contributed by atoms with van der Waals surface area (Å²) in [5.74, 6) is 0.733. The van der Waals surface area contributed by atoms with Gasteiger partial charge in [0, 0.05) is 12.6 Å². The molecule has 0 heterocycles. The van der Waals surface area contributed by atoms with Crippen LogP contribution in [0.5, 0.6) is 11.5 Å². The smallest absolute Gasteiger partial charge is 0.244 e. The Labute approximate surface area is 137 Å². The van der Waals surface area contributed by atoms with E-state index in [4.69, 9.17) is 9.47 Å². The maximum atomic E-state index is 12.6. The molecule has 0 atom stereocenters. The van der Waals surface area contributed by atoms with Crippen molar-refractivity contribution in [2.45, 2.75) is 25.3 Å². The molecule has 23 heavy (non-hydrogen) atoms. The molecular formula is C17H21NO4S. The van der Waals surface area contributed by atoms with Gasteiger partial charge < -0.3 is 9.47 Å². The quantitative estimate of drug-likeness (QED) is 0.882. The van der Waals surface area contributed by atoms with E-state index >= 15 is 0 Å². The summed E-state index contributed by atoms with van der Waals surface area (Å²) >= 11 is 0. The Morgan fingerprint density at radius 3 is 2.17 bits per heavy atom. The van der Waals surface area contributed by atoms with Gasteiger partial charge in [0.1, 0.15) is 16.4 Å². The van der Waals surface area contributed by atoms with Crippen LogP contribution in [0.1, 0.15) is 16.7 Å². The van der Waals surface area contributed by atoms with E-state index in [1.165, 1.54) is 20.3 Å². The Bertz CT molecular complexity index is 780. The molecule has 0 saturated carbocycles. The number of sulfonamides is 1. The van der Waals surface area contributed by atoms with Crippen molar-refractivity contribution >= 4 is 10.0 Å².